The van der Waals surface area contributed by atoms with E-state index in [9.17, 15) is 14.0 Å². The molecule has 174 valence electrons. The van der Waals surface area contributed by atoms with Crippen molar-refractivity contribution in [1.82, 2.24) is 4.57 Å². The summed E-state index contributed by atoms with van der Waals surface area (Å²) in [5, 5.41) is 0. The minimum atomic E-state index is -0.618. The number of nitrogens with zero attached hydrogens (tertiary/aromatic N) is 2. The van der Waals surface area contributed by atoms with Crippen LogP contribution in [0.2, 0.25) is 0 Å². The van der Waals surface area contributed by atoms with Crippen molar-refractivity contribution in [3.63, 3.8) is 0 Å². The Morgan fingerprint density at radius 1 is 1.03 bits per heavy atom. The monoisotopic (exact) mass is 472 g/mol. The first kappa shape index (κ1) is 24.2. The molecular formula is C24H25FN2O5S. The number of hydrogen-bond acceptors (Lipinski definition) is 7. The van der Waals surface area contributed by atoms with Gasteiger partial charge >= 0.3 is 5.97 Å². The summed E-state index contributed by atoms with van der Waals surface area (Å²) in [6.45, 7) is 5.14. The van der Waals surface area contributed by atoms with E-state index < -0.39 is 5.97 Å². The number of carbonyl (C=O) groups is 1. The predicted octanol–water partition coefficient (Wildman–Crippen LogP) is 4.11. The predicted molar refractivity (Wildman–Crippen MR) is 124 cm³/mol. The third kappa shape index (κ3) is 6.29. The zero-order valence-electron chi connectivity index (χ0n) is 18.7. The van der Waals surface area contributed by atoms with Crippen molar-refractivity contribution in [2.24, 2.45) is 4.99 Å². The molecule has 0 unspecified atom stereocenters. The van der Waals surface area contributed by atoms with Gasteiger partial charge in [-0.2, -0.15) is 0 Å². The van der Waals surface area contributed by atoms with Crippen LogP contribution >= 0.6 is 11.3 Å². The topological polar surface area (TPSA) is 79.1 Å². The fourth-order valence-corrected chi connectivity index (χ4v) is 4.04. The Bertz CT molecular complexity index is 1230. The molecule has 33 heavy (non-hydrogen) atoms. The molecule has 2 aromatic carbocycles. The highest BCUT2D eigenvalue weighted by molar-refractivity contribution is 7.11. The number of halogens is 1. The number of benzene rings is 2. The molecule has 0 aliphatic carbocycles. The second-order valence-corrected chi connectivity index (χ2v) is 7.87. The van der Waals surface area contributed by atoms with Gasteiger partial charge in [0.15, 0.2) is 16.3 Å². The van der Waals surface area contributed by atoms with E-state index in [2.05, 4.69) is 4.99 Å². The van der Waals surface area contributed by atoms with Crippen LogP contribution < -0.4 is 19.8 Å². The quantitative estimate of drug-likeness (QED) is 0.438. The average molecular weight is 473 g/mol. The Morgan fingerprint density at radius 3 is 2.39 bits per heavy atom. The van der Waals surface area contributed by atoms with E-state index in [-0.39, 0.29) is 16.3 Å². The summed E-state index contributed by atoms with van der Waals surface area (Å²) in [4.78, 5) is 29.8. The maximum absolute atomic E-state index is 13.3. The number of aryl methyl sites for hydroxylation is 1. The highest BCUT2D eigenvalue weighted by Gasteiger charge is 2.13. The van der Waals surface area contributed by atoms with Crippen LogP contribution in [0.25, 0.3) is 0 Å². The van der Waals surface area contributed by atoms with Gasteiger partial charge in [-0.15, -0.1) is 0 Å². The standard InChI is InChI=1S/C24H25FN2O5S/c1-4-31-19-11-6-16(14-20(19)32-5-2)12-13-27-22(28)15-21(23(29)30-3)33-24(27)26-18-9-7-17(25)8-10-18/h6-11,14-15H,4-5,12-13H2,1-3H3. The number of ether oxygens (including phenoxy) is 3. The zero-order valence-corrected chi connectivity index (χ0v) is 19.5. The first-order valence-electron chi connectivity index (χ1n) is 10.5. The van der Waals surface area contributed by atoms with Crippen molar-refractivity contribution in [1.29, 1.82) is 0 Å². The van der Waals surface area contributed by atoms with E-state index in [1.54, 1.807) is 0 Å². The Morgan fingerprint density at radius 2 is 1.73 bits per heavy atom. The van der Waals surface area contributed by atoms with Crippen molar-refractivity contribution in [3.8, 4) is 11.5 Å². The molecule has 0 amide bonds. The zero-order chi connectivity index (χ0) is 23.8. The molecule has 1 heterocycles. The number of rotatable bonds is 9. The van der Waals surface area contributed by atoms with Crippen LogP contribution in [0, 0.1) is 5.82 Å². The average Bonchev–Trinajstić information content (AvgIpc) is 2.81. The summed E-state index contributed by atoms with van der Waals surface area (Å²) < 4.78 is 30.8. The number of esters is 1. The SMILES string of the molecule is CCOc1ccc(CCn2c(=O)cc(C(=O)OC)sc2=Nc2ccc(F)cc2)cc1OCC. The van der Waals surface area contributed by atoms with Crippen LogP contribution in [-0.4, -0.2) is 30.9 Å². The summed E-state index contributed by atoms with van der Waals surface area (Å²) >= 11 is 1.03. The van der Waals surface area contributed by atoms with Gasteiger partial charge in [0.05, 0.1) is 26.0 Å². The first-order chi connectivity index (χ1) is 15.9. The van der Waals surface area contributed by atoms with Crippen LogP contribution in [0.1, 0.15) is 29.1 Å². The Kier molecular flexibility index (Phi) is 8.37. The maximum atomic E-state index is 13.3. The second kappa shape index (κ2) is 11.4. The third-order valence-corrected chi connectivity index (χ3v) is 5.62. The Balaban J connectivity index is 1.98. The lowest BCUT2D eigenvalue weighted by atomic mass is 10.1. The second-order valence-electron chi connectivity index (χ2n) is 6.86. The van der Waals surface area contributed by atoms with Crippen molar-refractivity contribution in [3.05, 3.63) is 79.9 Å². The van der Waals surface area contributed by atoms with E-state index in [1.807, 2.05) is 32.0 Å². The van der Waals surface area contributed by atoms with E-state index >= 15 is 0 Å². The first-order valence-corrected chi connectivity index (χ1v) is 11.3. The smallest absolute Gasteiger partial charge is 0.348 e. The molecule has 0 bridgehead atoms. The van der Waals surface area contributed by atoms with Gasteiger partial charge in [-0.05, 0) is 62.2 Å². The molecule has 3 rings (SSSR count). The molecule has 0 fully saturated rings. The molecule has 0 saturated heterocycles. The fourth-order valence-electron chi connectivity index (χ4n) is 3.08. The van der Waals surface area contributed by atoms with Gasteiger partial charge in [0.1, 0.15) is 10.7 Å². The Hall–Kier alpha value is -3.46. The van der Waals surface area contributed by atoms with Gasteiger partial charge in [-0.1, -0.05) is 17.4 Å². The summed E-state index contributed by atoms with van der Waals surface area (Å²) in [5.74, 6) is 0.299. The molecule has 0 aliphatic rings. The number of hydrogen-bond donors (Lipinski definition) is 0. The van der Waals surface area contributed by atoms with E-state index in [0.29, 0.717) is 48.2 Å². The summed E-state index contributed by atoms with van der Waals surface area (Å²) in [5.41, 5.74) is 1.03. The molecule has 1 aromatic heterocycles. The lowest BCUT2D eigenvalue weighted by molar-refractivity contribution is 0.0605. The molecule has 0 radical (unpaired) electrons. The van der Waals surface area contributed by atoms with Crippen LogP contribution in [0.4, 0.5) is 10.1 Å². The van der Waals surface area contributed by atoms with E-state index in [1.165, 1.54) is 42.0 Å². The molecule has 3 aromatic rings. The summed E-state index contributed by atoms with van der Waals surface area (Å²) in [6.07, 6.45) is 0.516. The van der Waals surface area contributed by atoms with Crippen molar-refractivity contribution in [2.45, 2.75) is 26.8 Å². The summed E-state index contributed by atoms with van der Waals surface area (Å²) in [7, 11) is 1.25. The molecule has 0 atom stereocenters. The van der Waals surface area contributed by atoms with Gasteiger partial charge < -0.3 is 14.2 Å². The normalized spacial score (nSPS) is 11.3. The minimum Gasteiger partial charge on any atom is -0.490 e. The van der Waals surface area contributed by atoms with Crippen molar-refractivity contribution < 1.29 is 23.4 Å². The molecule has 0 saturated carbocycles. The number of aromatic nitrogens is 1. The molecule has 7 nitrogen and oxygen atoms in total. The Labute approximate surface area is 194 Å². The van der Waals surface area contributed by atoms with Crippen molar-refractivity contribution >= 4 is 23.0 Å². The van der Waals surface area contributed by atoms with Gasteiger partial charge in [0.2, 0.25) is 0 Å². The molecular weight excluding hydrogens is 447 g/mol. The fraction of sp³-hybridized carbons (Fsp3) is 0.292. The van der Waals surface area contributed by atoms with Gasteiger partial charge in [-0.3, -0.25) is 9.36 Å². The maximum Gasteiger partial charge on any atom is 0.348 e. The van der Waals surface area contributed by atoms with Crippen LogP contribution in [0.15, 0.2) is 58.3 Å². The molecule has 0 spiro atoms. The third-order valence-electron chi connectivity index (χ3n) is 4.62. The van der Waals surface area contributed by atoms with Crippen LogP contribution in [0.3, 0.4) is 0 Å². The van der Waals surface area contributed by atoms with Gasteiger partial charge in [0, 0.05) is 12.6 Å². The van der Waals surface area contributed by atoms with Crippen LogP contribution in [0.5, 0.6) is 11.5 Å². The van der Waals surface area contributed by atoms with Gasteiger partial charge in [0.25, 0.3) is 5.56 Å². The highest BCUT2D eigenvalue weighted by atomic mass is 32.1. The minimum absolute atomic E-state index is 0.138. The lowest BCUT2D eigenvalue weighted by Crippen LogP contribution is -2.33. The van der Waals surface area contributed by atoms with Gasteiger partial charge in [-0.25, -0.2) is 14.2 Å². The summed E-state index contributed by atoms with van der Waals surface area (Å²) in [6, 6.07) is 12.5. The largest absolute Gasteiger partial charge is 0.490 e. The van der Waals surface area contributed by atoms with E-state index in [4.69, 9.17) is 14.2 Å². The molecule has 0 N–H and O–H groups in total. The van der Waals surface area contributed by atoms with Crippen molar-refractivity contribution in [2.75, 3.05) is 20.3 Å². The number of carbonyl (C=O) groups excluding carboxylic acids is 1. The van der Waals surface area contributed by atoms with Crippen LogP contribution in [-0.2, 0) is 17.7 Å². The molecule has 0 aliphatic heterocycles. The van der Waals surface area contributed by atoms with E-state index in [0.717, 1.165) is 16.9 Å². The molecule has 9 heteroatoms. The number of methoxy groups -OCH3 is 1. The highest BCUT2D eigenvalue weighted by Crippen LogP contribution is 2.28. The lowest BCUT2D eigenvalue weighted by Gasteiger charge is -2.13.